The number of anilines is 1. The number of pyridine rings is 1. The second-order valence-electron chi connectivity index (χ2n) is 7.95. The van der Waals surface area contributed by atoms with Crippen LogP contribution in [-0.2, 0) is 14.3 Å². The van der Waals surface area contributed by atoms with E-state index in [2.05, 4.69) is 9.97 Å². The lowest BCUT2D eigenvalue weighted by Crippen LogP contribution is -2.29. The summed E-state index contributed by atoms with van der Waals surface area (Å²) < 4.78 is 16.2. The number of thiazole rings is 1. The summed E-state index contributed by atoms with van der Waals surface area (Å²) >= 11 is 0.943. The van der Waals surface area contributed by atoms with Gasteiger partial charge in [-0.3, -0.25) is 19.5 Å². The number of nitrogens with zero attached hydrogens (tertiary/aromatic N) is 3. The van der Waals surface area contributed by atoms with Crippen LogP contribution in [0.4, 0.5) is 5.13 Å². The van der Waals surface area contributed by atoms with Crippen molar-refractivity contribution >= 4 is 39.9 Å². The first kappa shape index (κ1) is 23.5. The number of ether oxygens (including phenoxy) is 3. The van der Waals surface area contributed by atoms with Gasteiger partial charge < -0.3 is 19.3 Å². The predicted octanol–water partition coefficient (Wildman–Crippen LogP) is 3.42. The van der Waals surface area contributed by atoms with Crippen LogP contribution < -0.4 is 14.4 Å². The molecule has 1 unspecified atom stereocenters. The van der Waals surface area contributed by atoms with Crippen LogP contribution in [0.3, 0.4) is 0 Å². The SMILES string of the molecule is CCOC(=O)c1sc(N2C(=O)C(=O)/C(=C(\O)c3ccc4c(c3)OCCO4)C2c2cccnc2)nc1C. The van der Waals surface area contributed by atoms with Crippen molar-refractivity contribution in [2.45, 2.75) is 19.9 Å². The van der Waals surface area contributed by atoms with E-state index in [4.69, 9.17) is 14.2 Å². The second kappa shape index (κ2) is 9.42. The monoisotopic (exact) mass is 507 g/mol. The molecule has 10 nitrogen and oxygen atoms in total. The summed E-state index contributed by atoms with van der Waals surface area (Å²) in [5.41, 5.74) is 1.01. The summed E-state index contributed by atoms with van der Waals surface area (Å²) in [6.07, 6.45) is 3.07. The summed E-state index contributed by atoms with van der Waals surface area (Å²) in [4.78, 5) is 48.9. The highest BCUT2D eigenvalue weighted by Gasteiger charge is 2.48. The van der Waals surface area contributed by atoms with E-state index in [-0.39, 0.29) is 33.5 Å². The standard InChI is InChI=1S/C25H21N3O7S/c1-3-33-24(32)22-13(2)27-25(36-22)28-19(15-5-4-8-26-12-15)18(21(30)23(28)31)20(29)14-6-7-16-17(11-14)35-10-9-34-16/h4-8,11-12,19,29H,3,9-10H2,1-2H3/b20-18-. The Hall–Kier alpha value is -4.25. The maximum atomic E-state index is 13.3. The summed E-state index contributed by atoms with van der Waals surface area (Å²) in [6, 6.07) is 7.12. The molecule has 11 heteroatoms. The lowest BCUT2D eigenvalue weighted by atomic mass is 9.96. The topological polar surface area (TPSA) is 128 Å². The molecule has 36 heavy (non-hydrogen) atoms. The van der Waals surface area contributed by atoms with Gasteiger partial charge in [-0.25, -0.2) is 9.78 Å². The zero-order valence-corrected chi connectivity index (χ0v) is 20.2. The van der Waals surface area contributed by atoms with Gasteiger partial charge in [0.25, 0.3) is 5.78 Å². The normalized spacial score (nSPS) is 18.4. The Morgan fingerprint density at radius 1 is 1.22 bits per heavy atom. The lowest BCUT2D eigenvalue weighted by molar-refractivity contribution is -0.132. The van der Waals surface area contributed by atoms with Crippen molar-refractivity contribution in [1.82, 2.24) is 9.97 Å². The van der Waals surface area contributed by atoms with Crippen molar-refractivity contribution in [2.24, 2.45) is 0 Å². The number of esters is 1. The first-order valence-corrected chi connectivity index (χ1v) is 12.0. The highest BCUT2D eigenvalue weighted by Crippen LogP contribution is 2.44. The third-order valence-electron chi connectivity index (χ3n) is 5.71. The molecular formula is C25H21N3O7S. The Kier molecular flexibility index (Phi) is 6.15. The first-order chi connectivity index (χ1) is 17.4. The molecule has 1 amide bonds. The van der Waals surface area contributed by atoms with Crippen LogP contribution in [0.5, 0.6) is 11.5 Å². The molecular weight excluding hydrogens is 486 g/mol. The van der Waals surface area contributed by atoms with Gasteiger partial charge in [-0.1, -0.05) is 17.4 Å². The van der Waals surface area contributed by atoms with Gasteiger partial charge in [-0.05, 0) is 43.7 Å². The van der Waals surface area contributed by atoms with Crippen LogP contribution in [0, 0.1) is 6.92 Å². The maximum absolute atomic E-state index is 13.3. The van der Waals surface area contributed by atoms with E-state index in [1.807, 2.05) is 0 Å². The van der Waals surface area contributed by atoms with E-state index in [9.17, 15) is 19.5 Å². The molecule has 1 atom stereocenters. The number of aliphatic hydroxyl groups is 1. The Morgan fingerprint density at radius 3 is 2.72 bits per heavy atom. The number of fused-ring (bicyclic) bond motifs is 1. The molecule has 0 spiro atoms. The van der Waals surface area contributed by atoms with Gasteiger partial charge in [-0.15, -0.1) is 0 Å². The van der Waals surface area contributed by atoms with Gasteiger partial charge in [-0.2, -0.15) is 0 Å². The van der Waals surface area contributed by atoms with E-state index in [1.54, 1.807) is 50.4 Å². The lowest BCUT2D eigenvalue weighted by Gasteiger charge is -2.23. The largest absolute Gasteiger partial charge is 0.507 e. The number of aryl methyl sites for hydroxylation is 1. The molecule has 3 aromatic rings. The highest BCUT2D eigenvalue weighted by atomic mass is 32.1. The molecule has 2 aliphatic heterocycles. The number of hydrogen-bond acceptors (Lipinski definition) is 10. The molecule has 1 saturated heterocycles. The van der Waals surface area contributed by atoms with E-state index in [1.165, 1.54) is 11.1 Å². The van der Waals surface area contributed by atoms with Crippen molar-refractivity contribution in [3.8, 4) is 11.5 Å². The second-order valence-corrected chi connectivity index (χ2v) is 8.92. The minimum Gasteiger partial charge on any atom is -0.507 e. The first-order valence-electron chi connectivity index (χ1n) is 11.2. The molecule has 2 aromatic heterocycles. The summed E-state index contributed by atoms with van der Waals surface area (Å²) in [5.74, 6) is -1.77. The average Bonchev–Trinajstić information content (AvgIpc) is 3.40. The molecule has 0 radical (unpaired) electrons. The van der Waals surface area contributed by atoms with Crippen LogP contribution in [0.2, 0.25) is 0 Å². The molecule has 0 bridgehead atoms. The van der Waals surface area contributed by atoms with Crippen LogP contribution >= 0.6 is 11.3 Å². The number of carbonyl (C=O) groups excluding carboxylic acids is 3. The fraction of sp³-hybridized carbons (Fsp3) is 0.240. The fourth-order valence-corrected chi connectivity index (χ4v) is 5.09. The molecule has 1 aromatic carbocycles. The van der Waals surface area contributed by atoms with Gasteiger partial charge in [0.1, 0.15) is 23.9 Å². The molecule has 5 rings (SSSR count). The number of rotatable bonds is 5. The van der Waals surface area contributed by atoms with E-state index >= 15 is 0 Å². The van der Waals surface area contributed by atoms with Gasteiger partial charge in [0, 0.05) is 18.0 Å². The number of carbonyl (C=O) groups is 3. The smallest absolute Gasteiger partial charge is 0.350 e. The molecule has 1 fully saturated rings. The Balaban J connectivity index is 1.65. The molecule has 184 valence electrons. The molecule has 0 saturated carbocycles. The number of ketones is 1. The zero-order valence-electron chi connectivity index (χ0n) is 19.4. The van der Waals surface area contributed by atoms with E-state index in [0.717, 1.165) is 11.3 Å². The predicted molar refractivity (Wildman–Crippen MR) is 129 cm³/mol. The Morgan fingerprint density at radius 2 is 2.00 bits per heavy atom. The molecule has 0 aliphatic carbocycles. The third-order valence-corrected chi connectivity index (χ3v) is 6.85. The summed E-state index contributed by atoms with van der Waals surface area (Å²) in [7, 11) is 0. The van der Waals surface area contributed by atoms with Gasteiger partial charge >= 0.3 is 11.9 Å². The van der Waals surface area contributed by atoms with Gasteiger partial charge in [0.05, 0.1) is 23.9 Å². The highest BCUT2D eigenvalue weighted by molar-refractivity contribution is 7.17. The van der Waals surface area contributed by atoms with Crippen molar-refractivity contribution in [1.29, 1.82) is 0 Å². The quantitative estimate of drug-likeness (QED) is 0.239. The average molecular weight is 508 g/mol. The summed E-state index contributed by atoms with van der Waals surface area (Å²) in [5, 5.41) is 11.4. The molecule has 4 heterocycles. The van der Waals surface area contributed by atoms with Crippen LogP contribution in [0.15, 0.2) is 48.3 Å². The van der Waals surface area contributed by atoms with Crippen molar-refractivity contribution in [2.75, 3.05) is 24.7 Å². The number of aliphatic hydroxyl groups excluding tert-OH is 1. The number of benzene rings is 1. The number of Topliss-reactive ketones (excluding diaryl/α,β-unsaturated/α-hetero) is 1. The van der Waals surface area contributed by atoms with Crippen LogP contribution in [-0.4, -0.2) is 52.6 Å². The minimum atomic E-state index is -1.02. The van der Waals surface area contributed by atoms with E-state index in [0.29, 0.717) is 36.0 Å². The fourth-order valence-electron chi connectivity index (χ4n) is 4.10. The van der Waals surface area contributed by atoms with Crippen molar-refractivity contribution in [3.05, 3.63) is 70.0 Å². The number of amides is 1. The summed E-state index contributed by atoms with van der Waals surface area (Å²) in [6.45, 7) is 4.25. The Bertz CT molecular complexity index is 1400. The zero-order chi connectivity index (χ0) is 25.4. The van der Waals surface area contributed by atoms with Gasteiger partial charge in [0.15, 0.2) is 16.6 Å². The molecule has 1 N–H and O–H groups in total. The van der Waals surface area contributed by atoms with E-state index < -0.39 is 23.7 Å². The number of aromatic nitrogens is 2. The molecule has 2 aliphatic rings. The number of hydrogen-bond donors (Lipinski definition) is 1. The minimum absolute atomic E-state index is 0.129. The maximum Gasteiger partial charge on any atom is 0.350 e. The third kappa shape index (κ3) is 3.97. The van der Waals surface area contributed by atoms with Crippen molar-refractivity contribution < 1.29 is 33.7 Å². The van der Waals surface area contributed by atoms with Crippen molar-refractivity contribution in [3.63, 3.8) is 0 Å². The van der Waals surface area contributed by atoms with Gasteiger partial charge in [0.2, 0.25) is 0 Å². The Labute approximate surface area is 209 Å². The van der Waals surface area contributed by atoms with Crippen LogP contribution in [0.1, 0.15) is 39.5 Å². The van der Waals surface area contributed by atoms with Crippen LogP contribution in [0.25, 0.3) is 5.76 Å².